The Hall–Kier alpha value is -1.84. The minimum Gasteiger partial charge on any atom is -0.371 e. The largest absolute Gasteiger partial charge is 0.371 e. The van der Waals surface area contributed by atoms with Gasteiger partial charge in [-0.1, -0.05) is 12.1 Å². The van der Waals surface area contributed by atoms with Gasteiger partial charge in [0.2, 0.25) is 0 Å². The van der Waals surface area contributed by atoms with Crippen molar-refractivity contribution in [2.45, 2.75) is 33.2 Å². The van der Waals surface area contributed by atoms with E-state index in [1.54, 1.807) is 11.8 Å². The maximum Gasteiger partial charge on any atom is 0.132 e. The molecule has 0 spiro atoms. The van der Waals surface area contributed by atoms with Gasteiger partial charge in [-0.05, 0) is 39.3 Å². The Labute approximate surface area is 103 Å². The van der Waals surface area contributed by atoms with Gasteiger partial charge >= 0.3 is 0 Å². The van der Waals surface area contributed by atoms with E-state index in [2.05, 4.69) is 5.32 Å². The molecule has 4 nitrogen and oxygen atoms in total. The zero-order valence-electron chi connectivity index (χ0n) is 10.7. The minimum absolute atomic E-state index is 0. The van der Waals surface area contributed by atoms with Crippen LogP contribution < -0.4 is 10.2 Å². The number of hydrogen-bond acceptors (Lipinski definition) is 3. The Balaban J connectivity index is 0.00000162. The van der Waals surface area contributed by atoms with Crippen molar-refractivity contribution in [2.75, 3.05) is 10.2 Å². The fourth-order valence-electron chi connectivity index (χ4n) is 2.18. The third kappa shape index (κ3) is 1.69. The van der Waals surface area contributed by atoms with E-state index in [4.69, 9.17) is 10.8 Å². The van der Waals surface area contributed by atoms with Gasteiger partial charge in [0.1, 0.15) is 11.7 Å². The summed E-state index contributed by atoms with van der Waals surface area (Å²) < 4.78 is 0. The summed E-state index contributed by atoms with van der Waals surface area (Å²) in [4.78, 5) is 1.71. The number of nitrogens with zero attached hydrogens (tertiary/aromatic N) is 1. The monoisotopic (exact) mass is 232 g/mol. The average molecular weight is 232 g/mol. The first kappa shape index (κ1) is 11.6. The highest BCUT2D eigenvalue weighted by Crippen LogP contribution is 2.37. The summed E-state index contributed by atoms with van der Waals surface area (Å²) in [7, 11) is 0. The van der Waals surface area contributed by atoms with Gasteiger partial charge < -0.3 is 5.32 Å². The number of nitrogens with one attached hydrogen (secondary N) is 3. The van der Waals surface area contributed by atoms with Crippen molar-refractivity contribution in [3.63, 3.8) is 0 Å². The van der Waals surface area contributed by atoms with Gasteiger partial charge in [-0.2, -0.15) is 0 Å². The third-order valence-corrected chi connectivity index (χ3v) is 3.06. The molecule has 17 heavy (non-hydrogen) atoms. The molecule has 92 valence electrons. The summed E-state index contributed by atoms with van der Waals surface area (Å²) in [5.41, 5.74) is 2.52. The molecule has 1 aromatic rings. The number of amidine groups is 2. The van der Waals surface area contributed by atoms with Gasteiger partial charge in [0.25, 0.3) is 0 Å². The van der Waals surface area contributed by atoms with E-state index in [-0.39, 0.29) is 1.43 Å². The highest BCUT2D eigenvalue weighted by molar-refractivity contribution is 6.23. The molecule has 0 aromatic heterocycles. The highest BCUT2D eigenvalue weighted by atomic mass is 15.3. The van der Waals surface area contributed by atoms with Crippen molar-refractivity contribution in [1.82, 2.24) is 0 Å². The van der Waals surface area contributed by atoms with Crippen molar-refractivity contribution in [2.24, 2.45) is 0 Å². The van der Waals surface area contributed by atoms with Gasteiger partial charge in [-0.3, -0.25) is 15.7 Å². The fourth-order valence-corrected chi connectivity index (χ4v) is 2.18. The number of rotatable bonds is 0. The lowest BCUT2D eigenvalue weighted by atomic mass is 9.95. The Morgan fingerprint density at radius 3 is 2.65 bits per heavy atom. The molecule has 0 amide bonds. The number of anilines is 2. The molecule has 0 saturated carbocycles. The molecule has 1 aromatic carbocycles. The van der Waals surface area contributed by atoms with Crippen molar-refractivity contribution >= 4 is 23.0 Å². The third-order valence-electron chi connectivity index (χ3n) is 3.06. The molecule has 4 heteroatoms. The molecule has 0 fully saturated rings. The molecule has 0 bridgehead atoms. The maximum atomic E-state index is 8.23. The van der Waals surface area contributed by atoms with Crippen LogP contribution in [0.2, 0.25) is 0 Å². The van der Waals surface area contributed by atoms with Gasteiger partial charge in [-0.25, -0.2) is 0 Å². The predicted molar refractivity (Wildman–Crippen MR) is 74.6 cm³/mol. The normalized spacial score (nSPS) is 17.4. The van der Waals surface area contributed by atoms with Crippen LogP contribution in [0, 0.1) is 17.7 Å². The number of benzene rings is 1. The minimum atomic E-state index is -0.455. The first-order chi connectivity index (χ1) is 7.84. The fraction of sp³-hybridized carbons (Fsp3) is 0.385. The quantitative estimate of drug-likeness (QED) is 0.475. The molecule has 2 rings (SSSR count). The zero-order valence-corrected chi connectivity index (χ0v) is 10.7. The number of hydrogen-bond donors (Lipinski definition) is 3. The Kier molecular flexibility index (Phi) is 2.45. The molecular weight excluding hydrogens is 212 g/mol. The molecular formula is C13H20N4. The van der Waals surface area contributed by atoms with Crippen molar-refractivity contribution in [1.29, 1.82) is 10.8 Å². The number of aryl methyl sites for hydroxylation is 1. The Bertz CT molecular complexity index is 508. The number of para-hydroxylation sites is 1. The summed E-state index contributed by atoms with van der Waals surface area (Å²) in [6, 6.07) is 5.98. The van der Waals surface area contributed by atoms with E-state index in [0.717, 1.165) is 16.9 Å². The topological polar surface area (TPSA) is 63.0 Å². The predicted octanol–water partition coefficient (Wildman–Crippen LogP) is 3.23. The molecule has 0 unspecified atom stereocenters. The van der Waals surface area contributed by atoms with E-state index in [0.29, 0.717) is 11.7 Å². The van der Waals surface area contributed by atoms with Crippen LogP contribution in [0.25, 0.3) is 0 Å². The smallest absolute Gasteiger partial charge is 0.132 e. The van der Waals surface area contributed by atoms with Crippen LogP contribution in [-0.4, -0.2) is 17.2 Å². The molecule has 0 radical (unpaired) electrons. The summed E-state index contributed by atoms with van der Waals surface area (Å²) in [6.45, 7) is 7.63. The lowest BCUT2D eigenvalue weighted by Gasteiger charge is -2.42. The van der Waals surface area contributed by atoms with E-state index in [1.807, 2.05) is 39.0 Å². The molecule has 1 aliphatic rings. The van der Waals surface area contributed by atoms with Crippen molar-refractivity contribution in [3.8, 4) is 0 Å². The Morgan fingerprint density at radius 1 is 1.41 bits per heavy atom. The molecule has 3 N–H and O–H groups in total. The summed E-state index contributed by atoms with van der Waals surface area (Å²) in [6.07, 6.45) is 0. The van der Waals surface area contributed by atoms with Crippen LogP contribution in [0.1, 0.15) is 27.8 Å². The maximum absolute atomic E-state index is 8.23. The van der Waals surface area contributed by atoms with Gasteiger partial charge in [0, 0.05) is 1.43 Å². The van der Waals surface area contributed by atoms with E-state index < -0.39 is 5.54 Å². The van der Waals surface area contributed by atoms with Crippen LogP contribution in [0.3, 0.4) is 0 Å². The SMILES string of the molecule is CC(=N)N1C(=N)C(C)(C)Nc2cccc(C)c21.[HH]. The number of fused-ring (bicyclic) bond motifs is 1. The average Bonchev–Trinajstić information content (AvgIpc) is 2.20. The van der Waals surface area contributed by atoms with Crippen molar-refractivity contribution in [3.05, 3.63) is 23.8 Å². The van der Waals surface area contributed by atoms with Crippen LogP contribution in [0.5, 0.6) is 0 Å². The first-order valence-electron chi connectivity index (χ1n) is 5.66. The van der Waals surface area contributed by atoms with Crippen LogP contribution >= 0.6 is 0 Å². The van der Waals surface area contributed by atoms with Crippen molar-refractivity contribution < 1.29 is 1.43 Å². The van der Waals surface area contributed by atoms with Crippen LogP contribution in [0.15, 0.2) is 18.2 Å². The van der Waals surface area contributed by atoms with E-state index >= 15 is 0 Å². The van der Waals surface area contributed by atoms with Crippen LogP contribution in [0.4, 0.5) is 11.4 Å². The molecule has 0 atom stereocenters. The molecule has 0 aliphatic carbocycles. The summed E-state index contributed by atoms with van der Waals surface area (Å²) in [5, 5.41) is 19.5. The summed E-state index contributed by atoms with van der Waals surface area (Å²) in [5.74, 6) is 0.784. The second-order valence-electron chi connectivity index (χ2n) is 4.99. The van der Waals surface area contributed by atoms with Gasteiger partial charge in [0.05, 0.1) is 16.9 Å². The molecule has 1 heterocycles. The van der Waals surface area contributed by atoms with E-state index in [1.165, 1.54) is 0 Å². The first-order valence-corrected chi connectivity index (χ1v) is 5.66. The molecule has 0 saturated heterocycles. The van der Waals surface area contributed by atoms with Crippen LogP contribution in [-0.2, 0) is 0 Å². The van der Waals surface area contributed by atoms with Gasteiger partial charge in [-0.15, -0.1) is 0 Å². The molecule has 1 aliphatic heterocycles. The summed E-state index contributed by atoms with van der Waals surface area (Å²) >= 11 is 0. The second-order valence-corrected chi connectivity index (χ2v) is 4.99. The zero-order chi connectivity index (χ0) is 12.8. The highest BCUT2D eigenvalue weighted by Gasteiger charge is 2.36. The van der Waals surface area contributed by atoms with Gasteiger partial charge in [0.15, 0.2) is 0 Å². The Morgan fingerprint density at radius 2 is 2.06 bits per heavy atom. The standard InChI is InChI=1S/C13H18N4.H2/c1-8-6-5-7-10-11(8)17(9(2)14)12(15)13(3,4)16-10;/h5-7,14-16H,1-4H3;1H. The van der Waals surface area contributed by atoms with E-state index in [9.17, 15) is 0 Å². The lowest BCUT2D eigenvalue weighted by Crippen LogP contribution is -2.55. The lowest BCUT2D eigenvalue weighted by molar-refractivity contribution is 0.731. The second kappa shape index (κ2) is 3.58.